The molecule has 1 aliphatic carbocycles. The predicted molar refractivity (Wildman–Crippen MR) is 94.4 cm³/mol. The van der Waals surface area contributed by atoms with Crippen LogP contribution in [0.4, 0.5) is 10.1 Å². The average molecular weight is 356 g/mol. The van der Waals surface area contributed by atoms with E-state index in [2.05, 4.69) is 9.71 Å². The molecule has 1 aliphatic rings. The van der Waals surface area contributed by atoms with E-state index >= 15 is 0 Å². The Kier molecular flexibility index (Phi) is 5.85. The Morgan fingerprint density at radius 2 is 2.12 bits per heavy atom. The third-order valence-electron chi connectivity index (χ3n) is 4.08. The number of nitrogens with one attached hydrogen (secondary N) is 1. The second kappa shape index (κ2) is 7.51. The van der Waals surface area contributed by atoms with E-state index in [1.54, 1.807) is 13.0 Å². The minimum atomic E-state index is -3.36. The van der Waals surface area contributed by atoms with Crippen molar-refractivity contribution in [2.75, 3.05) is 17.6 Å². The van der Waals surface area contributed by atoms with E-state index < -0.39 is 15.7 Å². The SMILES string of the molecule is CCOc1ncc(NS(C)(=O)=O)cc1/C=C/C1CCC(C)(F)CC1. The first kappa shape index (κ1) is 18.7. The molecule has 5 nitrogen and oxygen atoms in total. The highest BCUT2D eigenvalue weighted by atomic mass is 32.2. The molecule has 1 aromatic rings. The lowest BCUT2D eigenvalue weighted by atomic mass is 9.81. The minimum Gasteiger partial charge on any atom is -0.478 e. The zero-order chi connectivity index (χ0) is 17.8. The fourth-order valence-corrected chi connectivity index (χ4v) is 3.33. The number of halogens is 1. The fourth-order valence-electron chi connectivity index (χ4n) is 2.79. The van der Waals surface area contributed by atoms with Crippen LogP contribution in [0.15, 0.2) is 18.3 Å². The molecule has 134 valence electrons. The molecule has 0 amide bonds. The van der Waals surface area contributed by atoms with Crippen LogP contribution in [0.1, 0.15) is 45.1 Å². The number of pyridine rings is 1. The van der Waals surface area contributed by atoms with Gasteiger partial charge in [-0.2, -0.15) is 0 Å². The lowest BCUT2D eigenvalue weighted by Gasteiger charge is -2.29. The van der Waals surface area contributed by atoms with Gasteiger partial charge in [0.15, 0.2) is 0 Å². The van der Waals surface area contributed by atoms with Crippen molar-refractivity contribution in [1.82, 2.24) is 4.98 Å². The number of hydrogen-bond donors (Lipinski definition) is 1. The van der Waals surface area contributed by atoms with E-state index in [-0.39, 0.29) is 0 Å². The molecule has 1 aromatic heterocycles. The van der Waals surface area contributed by atoms with Gasteiger partial charge >= 0.3 is 0 Å². The van der Waals surface area contributed by atoms with Gasteiger partial charge in [-0.25, -0.2) is 17.8 Å². The van der Waals surface area contributed by atoms with Gasteiger partial charge in [0.2, 0.25) is 15.9 Å². The van der Waals surface area contributed by atoms with Gasteiger partial charge < -0.3 is 4.74 Å². The molecule has 0 radical (unpaired) electrons. The molecule has 24 heavy (non-hydrogen) atoms. The van der Waals surface area contributed by atoms with Crippen LogP contribution in [0, 0.1) is 5.92 Å². The first-order chi connectivity index (χ1) is 11.2. The molecule has 0 atom stereocenters. The summed E-state index contributed by atoms with van der Waals surface area (Å²) in [7, 11) is -3.36. The van der Waals surface area contributed by atoms with Crippen LogP contribution in [-0.4, -0.2) is 31.9 Å². The van der Waals surface area contributed by atoms with Crippen molar-refractivity contribution in [1.29, 1.82) is 0 Å². The number of allylic oxidation sites excluding steroid dienone is 1. The average Bonchev–Trinajstić information content (AvgIpc) is 2.47. The Morgan fingerprint density at radius 3 is 2.71 bits per heavy atom. The Morgan fingerprint density at radius 1 is 1.46 bits per heavy atom. The number of anilines is 1. The molecular weight excluding hydrogens is 331 g/mol. The fraction of sp³-hybridized carbons (Fsp3) is 0.588. The molecule has 0 unspecified atom stereocenters. The second-order valence-electron chi connectivity index (χ2n) is 6.54. The lowest BCUT2D eigenvalue weighted by molar-refractivity contribution is 0.114. The summed E-state index contributed by atoms with van der Waals surface area (Å²) in [4.78, 5) is 4.18. The van der Waals surface area contributed by atoms with Gasteiger partial charge in [-0.3, -0.25) is 4.72 Å². The first-order valence-corrected chi connectivity index (χ1v) is 10.1. The zero-order valence-corrected chi connectivity index (χ0v) is 15.2. The van der Waals surface area contributed by atoms with Crippen molar-refractivity contribution in [2.24, 2.45) is 5.92 Å². The van der Waals surface area contributed by atoms with Crippen LogP contribution in [0.5, 0.6) is 5.88 Å². The number of ether oxygens (including phenoxy) is 1. The minimum absolute atomic E-state index is 0.315. The molecule has 1 fully saturated rings. The first-order valence-electron chi connectivity index (χ1n) is 8.16. The smallest absolute Gasteiger partial charge is 0.229 e. The molecule has 2 rings (SSSR count). The van der Waals surface area contributed by atoms with Crippen LogP contribution in [0.25, 0.3) is 6.08 Å². The summed E-state index contributed by atoms with van der Waals surface area (Å²) in [5.41, 5.74) is 0.0430. The summed E-state index contributed by atoms with van der Waals surface area (Å²) < 4.78 is 44.5. The Balaban J connectivity index is 2.16. The molecule has 0 bridgehead atoms. The monoisotopic (exact) mass is 356 g/mol. The predicted octanol–water partition coefficient (Wildman–Crippen LogP) is 3.78. The molecule has 1 N–H and O–H groups in total. The van der Waals surface area contributed by atoms with Crippen LogP contribution in [-0.2, 0) is 10.0 Å². The number of hydrogen-bond acceptors (Lipinski definition) is 4. The van der Waals surface area contributed by atoms with E-state index in [1.165, 1.54) is 6.20 Å². The molecule has 0 saturated heterocycles. The number of nitrogens with zero attached hydrogens (tertiary/aromatic N) is 1. The summed E-state index contributed by atoms with van der Waals surface area (Å²) in [6, 6.07) is 1.69. The van der Waals surface area contributed by atoms with Crippen LogP contribution < -0.4 is 9.46 Å². The molecular formula is C17H25FN2O3S. The molecule has 0 spiro atoms. The second-order valence-corrected chi connectivity index (χ2v) is 8.28. The maximum absolute atomic E-state index is 13.9. The van der Waals surface area contributed by atoms with Gasteiger partial charge in [0.1, 0.15) is 5.67 Å². The Hall–Kier alpha value is -1.63. The van der Waals surface area contributed by atoms with Crippen molar-refractivity contribution < 1.29 is 17.5 Å². The largest absolute Gasteiger partial charge is 0.478 e. The van der Waals surface area contributed by atoms with Crippen molar-refractivity contribution >= 4 is 21.8 Å². The van der Waals surface area contributed by atoms with Crippen LogP contribution in [0.2, 0.25) is 0 Å². The normalized spacial score (nSPS) is 24.9. The van der Waals surface area contributed by atoms with Gasteiger partial charge in [-0.05, 0) is 51.5 Å². The van der Waals surface area contributed by atoms with Crippen LogP contribution >= 0.6 is 0 Å². The third kappa shape index (κ3) is 5.78. The summed E-state index contributed by atoms with van der Waals surface area (Å²) in [6.45, 7) is 3.99. The van der Waals surface area contributed by atoms with Crippen molar-refractivity contribution in [2.45, 2.75) is 45.2 Å². The summed E-state index contributed by atoms with van der Waals surface area (Å²) in [6.07, 6.45) is 9.19. The topological polar surface area (TPSA) is 68.3 Å². The van der Waals surface area contributed by atoms with Crippen molar-refractivity contribution in [3.63, 3.8) is 0 Å². The molecule has 7 heteroatoms. The van der Waals surface area contributed by atoms with E-state index in [0.717, 1.165) is 19.1 Å². The van der Waals surface area contributed by atoms with E-state index in [0.29, 0.717) is 42.5 Å². The molecule has 1 saturated carbocycles. The van der Waals surface area contributed by atoms with Crippen LogP contribution in [0.3, 0.4) is 0 Å². The Bertz CT molecular complexity index is 692. The van der Waals surface area contributed by atoms with Gasteiger partial charge in [0.25, 0.3) is 0 Å². The highest BCUT2D eigenvalue weighted by Crippen LogP contribution is 2.35. The van der Waals surface area contributed by atoms with Gasteiger partial charge in [0, 0.05) is 5.56 Å². The summed E-state index contributed by atoms with van der Waals surface area (Å²) in [5.74, 6) is 0.772. The number of alkyl halides is 1. The number of aromatic nitrogens is 1. The highest BCUT2D eigenvalue weighted by molar-refractivity contribution is 7.92. The quantitative estimate of drug-likeness (QED) is 0.842. The standard InChI is InChI=1S/C17H25FN2O3S/c1-4-23-16-14(11-15(12-19-16)20-24(3,21)22)6-5-13-7-9-17(2,18)10-8-13/h5-6,11-13,20H,4,7-10H2,1-3H3/b6-5+. The summed E-state index contributed by atoms with van der Waals surface area (Å²) in [5, 5.41) is 0. The third-order valence-corrected chi connectivity index (χ3v) is 4.69. The molecule has 0 aliphatic heterocycles. The maximum atomic E-state index is 13.9. The molecule has 0 aromatic carbocycles. The van der Waals surface area contributed by atoms with E-state index in [9.17, 15) is 12.8 Å². The highest BCUT2D eigenvalue weighted by Gasteiger charge is 2.29. The van der Waals surface area contributed by atoms with E-state index in [4.69, 9.17) is 4.74 Å². The van der Waals surface area contributed by atoms with Gasteiger partial charge in [0.05, 0.1) is 24.7 Å². The van der Waals surface area contributed by atoms with Gasteiger partial charge in [-0.1, -0.05) is 12.2 Å². The maximum Gasteiger partial charge on any atom is 0.229 e. The number of sulfonamides is 1. The zero-order valence-electron chi connectivity index (χ0n) is 14.4. The number of rotatable bonds is 6. The lowest BCUT2D eigenvalue weighted by Crippen LogP contribution is -2.25. The Labute approximate surface area is 143 Å². The van der Waals surface area contributed by atoms with Crippen molar-refractivity contribution in [3.05, 3.63) is 23.9 Å². The van der Waals surface area contributed by atoms with Gasteiger partial charge in [-0.15, -0.1) is 0 Å². The van der Waals surface area contributed by atoms with E-state index in [1.807, 2.05) is 19.1 Å². The van der Waals surface area contributed by atoms with Crippen molar-refractivity contribution in [3.8, 4) is 5.88 Å². The summed E-state index contributed by atoms with van der Waals surface area (Å²) >= 11 is 0. The molecule has 1 heterocycles.